The van der Waals surface area contributed by atoms with Gasteiger partial charge in [0.15, 0.2) is 0 Å². The quantitative estimate of drug-likeness (QED) is 0.556. The number of nitrogens with zero attached hydrogens (tertiary/aromatic N) is 2. The number of rotatable bonds is 6. The summed E-state index contributed by atoms with van der Waals surface area (Å²) in [6.07, 6.45) is 10.7. The predicted molar refractivity (Wildman–Crippen MR) is 129 cm³/mol. The van der Waals surface area contributed by atoms with Gasteiger partial charge in [0.1, 0.15) is 5.78 Å². The molecule has 31 heavy (non-hydrogen) atoms. The van der Waals surface area contributed by atoms with E-state index in [2.05, 4.69) is 55.6 Å². The molecule has 2 fully saturated rings. The van der Waals surface area contributed by atoms with Crippen molar-refractivity contribution in [3.63, 3.8) is 0 Å². The molecule has 2 heterocycles. The Bertz CT molecular complexity index is 963. The summed E-state index contributed by atoms with van der Waals surface area (Å²) in [5.41, 5.74) is 6.20. The molecule has 1 saturated heterocycles. The Labute approximate surface area is 188 Å². The minimum atomic E-state index is 0.196. The largest absolute Gasteiger partial charge is 0.347 e. The molecule has 0 spiro atoms. The van der Waals surface area contributed by atoms with Crippen LogP contribution < -0.4 is 0 Å². The third-order valence-corrected chi connectivity index (χ3v) is 9.14. The maximum Gasteiger partial charge on any atom is 0.137 e. The van der Waals surface area contributed by atoms with Gasteiger partial charge < -0.3 is 9.47 Å². The number of fused-ring (bicyclic) bond motifs is 2. The highest BCUT2D eigenvalue weighted by Crippen LogP contribution is 2.49. The van der Waals surface area contributed by atoms with Gasteiger partial charge in [0.05, 0.1) is 0 Å². The highest BCUT2D eigenvalue weighted by molar-refractivity contribution is 5.91. The minimum absolute atomic E-state index is 0.196. The van der Waals surface area contributed by atoms with Gasteiger partial charge in [-0.1, -0.05) is 51.7 Å². The van der Waals surface area contributed by atoms with Crippen LogP contribution in [0.2, 0.25) is 0 Å². The van der Waals surface area contributed by atoms with E-state index >= 15 is 0 Å². The van der Waals surface area contributed by atoms with Crippen molar-refractivity contribution in [2.24, 2.45) is 18.9 Å². The molecule has 0 amide bonds. The van der Waals surface area contributed by atoms with Crippen molar-refractivity contribution >= 4 is 16.7 Å². The summed E-state index contributed by atoms with van der Waals surface area (Å²) in [7, 11) is 4.57. The normalized spacial score (nSPS) is 26.7. The maximum atomic E-state index is 13.2. The van der Waals surface area contributed by atoms with Gasteiger partial charge in [0.2, 0.25) is 0 Å². The fourth-order valence-electron chi connectivity index (χ4n) is 7.29. The Balaban J connectivity index is 1.51. The first kappa shape index (κ1) is 21.2. The SMILES string of the molecule is CCC(CC)CC(=O)C1CC2c3cccc4c3c(c(C3CCCC3)n4C)C[C@H]2N(C)C1. The summed E-state index contributed by atoms with van der Waals surface area (Å²) >= 11 is 0. The van der Waals surface area contributed by atoms with Gasteiger partial charge in [0.25, 0.3) is 0 Å². The summed E-state index contributed by atoms with van der Waals surface area (Å²) in [5.74, 6) is 2.49. The van der Waals surface area contributed by atoms with Gasteiger partial charge in [-0.3, -0.25) is 4.79 Å². The van der Waals surface area contributed by atoms with Gasteiger partial charge in [0, 0.05) is 54.5 Å². The fourth-order valence-corrected chi connectivity index (χ4v) is 7.29. The number of likely N-dealkylation sites (N-methyl/N-ethyl adjacent to an activating group) is 1. The zero-order valence-corrected chi connectivity index (χ0v) is 20.0. The van der Waals surface area contributed by atoms with E-state index in [1.807, 2.05) is 0 Å². The van der Waals surface area contributed by atoms with E-state index in [9.17, 15) is 4.79 Å². The number of aromatic nitrogens is 1. The van der Waals surface area contributed by atoms with Crippen molar-refractivity contribution in [3.05, 3.63) is 35.0 Å². The fraction of sp³-hybridized carbons (Fsp3) is 0.679. The molecule has 3 aliphatic rings. The van der Waals surface area contributed by atoms with Gasteiger partial charge in [-0.2, -0.15) is 0 Å². The first-order chi connectivity index (χ1) is 15.0. The molecule has 3 heteroatoms. The molecule has 3 nitrogen and oxygen atoms in total. The number of hydrogen-bond acceptors (Lipinski definition) is 2. The average molecular weight is 421 g/mol. The van der Waals surface area contributed by atoms with Crippen molar-refractivity contribution < 1.29 is 4.79 Å². The number of likely N-dealkylation sites (tertiary alicyclic amines) is 1. The molecular formula is C28H40N2O. The summed E-state index contributed by atoms with van der Waals surface area (Å²) in [4.78, 5) is 15.8. The van der Waals surface area contributed by atoms with Crippen molar-refractivity contribution in [1.82, 2.24) is 9.47 Å². The lowest BCUT2D eigenvalue weighted by atomic mass is 9.70. The highest BCUT2D eigenvalue weighted by atomic mass is 16.1. The predicted octanol–water partition coefficient (Wildman–Crippen LogP) is 6.19. The summed E-state index contributed by atoms with van der Waals surface area (Å²) in [5, 5.41) is 1.54. The second kappa shape index (κ2) is 8.39. The van der Waals surface area contributed by atoms with Crippen LogP contribution in [-0.2, 0) is 18.3 Å². The van der Waals surface area contributed by atoms with E-state index in [0.29, 0.717) is 23.7 Å². The summed E-state index contributed by atoms with van der Waals surface area (Å²) < 4.78 is 2.53. The van der Waals surface area contributed by atoms with Crippen LogP contribution >= 0.6 is 0 Å². The Morgan fingerprint density at radius 2 is 1.87 bits per heavy atom. The lowest BCUT2D eigenvalue weighted by Gasteiger charge is -2.45. The number of carbonyl (C=O) groups excluding carboxylic acids is 1. The first-order valence-electron chi connectivity index (χ1n) is 12.9. The molecule has 0 radical (unpaired) electrons. The number of hydrogen-bond donors (Lipinski definition) is 0. The molecule has 2 aromatic rings. The average Bonchev–Trinajstić information content (AvgIpc) is 3.40. The number of carbonyl (C=O) groups is 1. The third-order valence-electron chi connectivity index (χ3n) is 9.14. The maximum absolute atomic E-state index is 13.2. The molecule has 1 aromatic heterocycles. The Morgan fingerprint density at radius 1 is 1.13 bits per heavy atom. The van der Waals surface area contributed by atoms with Gasteiger partial charge in [-0.25, -0.2) is 0 Å². The number of piperidine rings is 1. The summed E-state index contributed by atoms with van der Waals surface area (Å²) in [6.45, 7) is 5.40. The van der Waals surface area contributed by atoms with Crippen LogP contribution in [0, 0.1) is 11.8 Å². The van der Waals surface area contributed by atoms with E-state index in [0.717, 1.165) is 44.6 Å². The molecule has 2 aliphatic carbocycles. The zero-order valence-electron chi connectivity index (χ0n) is 20.0. The molecule has 1 saturated carbocycles. The number of Topliss-reactive ketones (excluding diaryl/α,β-unsaturated/α-hetero) is 1. The van der Waals surface area contributed by atoms with Crippen molar-refractivity contribution in [2.75, 3.05) is 13.6 Å². The lowest BCUT2D eigenvalue weighted by molar-refractivity contribution is -0.126. The van der Waals surface area contributed by atoms with E-state index in [1.165, 1.54) is 42.1 Å². The third kappa shape index (κ3) is 3.48. The molecule has 1 aliphatic heterocycles. The molecule has 3 atom stereocenters. The van der Waals surface area contributed by atoms with Gasteiger partial charge >= 0.3 is 0 Å². The van der Waals surface area contributed by atoms with Crippen LogP contribution in [0.3, 0.4) is 0 Å². The van der Waals surface area contributed by atoms with Crippen LogP contribution in [0.15, 0.2) is 18.2 Å². The van der Waals surface area contributed by atoms with Crippen molar-refractivity contribution in [2.45, 2.75) is 89.5 Å². The smallest absolute Gasteiger partial charge is 0.137 e. The topological polar surface area (TPSA) is 25.2 Å². The molecular weight excluding hydrogens is 380 g/mol. The second-order valence-electron chi connectivity index (χ2n) is 10.7. The standard InChI is InChI=1S/C28H40N2O/c1-5-18(6-2)14-26(31)20-15-22-21-12-9-13-24-27(21)23(16-25(22)29(3)17-20)28(30(24)4)19-10-7-8-11-19/h9,12-13,18-20,22,25H,5-8,10-11,14-17H2,1-4H3/t20?,22?,25-/m1/s1. The summed E-state index contributed by atoms with van der Waals surface area (Å²) in [6, 6.07) is 7.50. The number of benzene rings is 1. The first-order valence-corrected chi connectivity index (χ1v) is 12.9. The van der Waals surface area contributed by atoms with Gasteiger partial charge in [-0.15, -0.1) is 0 Å². The van der Waals surface area contributed by atoms with E-state index < -0.39 is 0 Å². The molecule has 0 bridgehead atoms. The molecule has 5 rings (SSSR count). The van der Waals surface area contributed by atoms with Crippen LogP contribution in [0.1, 0.15) is 93.9 Å². The van der Waals surface area contributed by atoms with Crippen LogP contribution in [0.25, 0.3) is 10.9 Å². The lowest BCUT2D eigenvalue weighted by Crippen LogP contribution is -2.49. The van der Waals surface area contributed by atoms with E-state index in [4.69, 9.17) is 0 Å². The van der Waals surface area contributed by atoms with Crippen molar-refractivity contribution in [1.29, 1.82) is 0 Å². The molecule has 1 aromatic carbocycles. The van der Waals surface area contributed by atoms with Crippen LogP contribution in [0.4, 0.5) is 0 Å². The number of ketones is 1. The van der Waals surface area contributed by atoms with Gasteiger partial charge in [-0.05, 0) is 61.8 Å². The second-order valence-corrected chi connectivity index (χ2v) is 10.7. The monoisotopic (exact) mass is 420 g/mol. The van der Waals surface area contributed by atoms with E-state index in [-0.39, 0.29) is 5.92 Å². The van der Waals surface area contributed by atoms with Crippen LogP contribution in [-0.4, -0.2) is 34.9 Å². The highest BCUT2D eigenvalue weighted by Gasteiger charge is 2.43. The zero-order chi connectivity index (χ0) is 21.7. The molecule has 0 N–H and O–H groups in total. The van der Waals surface area contributed by atoms with Crippen molar-refractivity contribution in [3.8, 4) is 0 Å². The molecule has 2 unspecified atom stereocenters. The molecule has 168 valence electrons. The van der Waals surface area contributed by atoms with Crippen LogP contribution in [0.5, 0.6) is 0 Å². The Morgan fingerprint density at radius 3 is 2.58 bits per heavy atom. The Hall–Kier alpha value is -1.61. The Kier molecular flexibility index (Phi) is 5.75. The number of aryl methyl sites for hydroxylation is 1. The van der Waals surface area contributed by atoms with E-state index in [1.54, 1.807) is 11.3 Å². The minimum Gasteiger partial charge on any atom is -0.347 e.